The number of anilines is 1. The number of carboxylic acid groups (broad SMARTS) is 1. The third-order valence-corrected chi connectivity index (χ3v) is 4.79. The number of aliphatic carboxylic acids is 1. The Morgan fingerprint density at radius 3 is 2.43 bits per heavy atom. The topological polar surface area (TPSA) is 92.4 Å². The number of pyridine rings is 1. The predicted octanol–water partition coefficient (Wildman–Crippen LogP) is 5.22. The number of carbonyl (C=O) groups is 2. The molecule has 2 N–H and O–H groups in total. The number of carboxylic acids is 1. The summed E-state index contributed by atoms with van der Waals surface area (Å²) in [6.45, 7) is 1.08. The number of rotatable bonds is 3. The lowest BCUT2D eigenvalue weighted by Gasteiger charge is -2.22. The van der Waals surface area contributed by atoms with Gasteiger partial charge in [0.05, 0.1) is 0 Å². The van der Waals surface area contributed by atoms with Gasteiger partial charge in [-0.1, -0.05) is 31.4 Å². The molecule has 0 radical (unpaired) electrons. The standard InChI is InChI=1S/C20H20N2O2.C2H4O2/c23-20(19-12-16-13-21-11-10-18(16)24-19)22-17-8-6-15(7-9-17)14-4-2-1-3-5-14;1-2(3)4/h6-14H,1-5H2,(H,22,23);1H3,(H,3,4). The average Bonchev–Trinajstić information content (AvgIpc) is 3.13. The highest BCUT2D eigenvalue weighted by atomic mass is 16.4. The minimum Gasteiger partial charge on any atom is -0.481 e. The molecule has 0 aliphatic heterocycles. The molecule has 28 heavy (non-hydrogen) atoms. The molecular formula is C22H24N2O4. The van der Waals surface area contributed by atoms with Gasteiger partial charge >= 0.3 is 0 Å². The third-order valence-electron chi connectivity index (χ3n) is 4.79. The van der Waals surface area contributed by atoms with Crippen molar-refractivity contribution in [2.24, 2.45) is 0 Å². The van der Waals surface area contributed by atoms with Crippen LogP contribution >= 0.6 is 0 Å². The van der Waals surface area contributed by atoms with Crippen molar-refractivity contribution in [1.29, 1.82) is 0 Å². The van der Waals surface area contributed by atoms with E-state index in [-0.39, 0.29) is 5.91 Å². The van der Waals surface area contributed by atoms with E-state index < -0.39 is 5.97 Å². The summed E-state index contributed by atoms with van der Waals surface area (Å²) in [5.41, 5.74) is 2.84. The molecule has 0 unspecified atom stereocenters. The number of benzene rings is 1. The molecule has 6 nitrogen and oxygen atoms in total. The Morgan fingerprint density at radius 2 is 1.79 bits per heavy atom. The van der Waals surface area contributed by atoms with Gasteiger partial charge in [-0.15, -0.1) is 0 Å². The van der Waals surface area contributed by atoms with E-state index in [1.807, 2.05) is 12.1 Å². The molecule has 4 rings (SSSR count). The van der Waals surface area contributed by atoms with Crippen LogP contribution in [-0.2, 0) is 4.79 Å². The quantitative estimate of drug-likeness (QED) is 0.650. The van der Waals surface area contributed by atoms with Gasteiger partial charge in [0.15, 0.2) is 5.76 Å². The van der Waals surface area contributed by atoms with Crippen LogP contribution in [0.1, 0.15) is 61.1 Å². The van der Waals surface area contributed by atoms with Crippen LogP contribution in [0.3, 0.4) is 0 Å². The molecule has 1 amide bonds. The number of aromatic nitrogens is 1. The zero-order valence-corrected chi connectivity index (χ0v) is 15.9. The second-order valence-corrected chi connectivity index (χ2v) is 6.95. The van der Waals surface area contributed by atoms with Crippen molar-refractivity contribution in [3.8, 4) is 0 Å². The lowest BCUT2D eigenvalue weighted by Crippen LogP contribution is -2.11. The van der Waals surface area contributed by atoms with Crippen LogP contribution in [0.2, 0.25) is 0 Å². The molecule has 0 saturated heterocycles. The highest BCUT2D eigenvalue weighted by Gasteiger charge is 2.16. The van der Waals surface area contributed by atoms with Gasteiger partial charge in [-0.2, -0.15) is 0 Å². The fourth-order valence-electron chi connectivity index (χ4n) is 3.46. The van der Waals surface area contributed by atoms with Crippen LogP contribution in [0.25, 0.3) is 11.0 Å². The predicted molar refractivity (Wildman–Crippen MR) is 108 cm³/mol. The summed E-state index contributed by atoms with van der Waals surface area (Å²) >= 11 is 0. The summed E-state index contributed by atoms with van der Waals surface area (Å²) < 4.78 is 5.57. The van der Waals surface area contributed by atoms with E-state index in [0.717, 1.165) is 18.0 Å². The molecule has 2 aromatic heterocycles. The number of nitrogens with one attached hydrogen (secondary N) is 1. The summed E-state index contributed by atoms with van der Waals surface area (Å²) in [5, 5.41) is 11.1. The molecule has 1 aromatic carbocycles. The van der Waals surface area contributed by atoms with E-state index in [0.29, 0.717) is 17.3 Å². The van der Waals surface area contributed by atoms with Crippen LogP contribution in [0.5, 0.6) is 0 Å². The molecule has 146 valence electrons. The van der Waals surface area contributed by atoms with Crippen LogP contribution in [0.15, 0.2) is 53.2 Å². The highest BCUT2D eigenvalue weighted by molar-refractivity contribution is 6.04. The fraction of sp³-hybridized carbons (Fsp3) is 0.318. The van der Waals surface area contributed by atoms with Crippen LogP contribution < -0.4 is 5.32 Å². The zero-order valence-electron chi connectivity index (χ0n) is 15.9. The first-order chi connectivity index (χ1) is 13.5. The monoisotopic (exact) mass is 380 g/mol. The van der Waals surface area contributed by atoms with Gasteiger partial charge in [-0.05, 0) is 48.6 Å². The zero-order chi connectivity index (χ0) is 19.9. The van der Waals surface area contributed by atoms with Gasteiger partial charge in [-0.3, -0.25) is 14.6 Å². The Bertz CT molecular complexity index is 904. The maximum Gasteiger partial charge on any atom is 0.300 e. The van der Waals surface area contributed by atoms with Crippen molar-refractivity contribution >= 4 is 28.5 Å². The van der Waals surface area contributed by atoms with E-state index in [1.165, 1.54) is 37.7 Å². The van der Waals surface area contributed by atoms with Crippen molar-refractivity contribution < 1.29 is 19.1 Å². The second kappa shape index (κ2) is 9.17. The Hall–Kier alpha value is -3.15. The number of nitrogens with zero attached hydrogens (tertiary/aromatic N) is 1. The van der Waals surface area contributed by atoms with Gasteiger partial charge in [0.2, 0.25) is 0 Å². The number of carbonyl (C=O) groups excluding carboxylic acids is 1. The van der Waals surface area contributed by atoms with Crippen LogP contribution in [0, 0.1) is 0 Å². The minimum absolute atomic E-state index is 0.239. The molecule has 1 aliphatic carbocycles. The summed E-state index contributed by atoms with van der Waals surface area (Å²) in [6, 6.07) is 11.7. The lowest BCUT2D eigenvalue weighted by molar-refractivity contribution is -0.134. The van der Waals surface area contributed by atoms with Crippen molar-refractivity contribution in [3.05, 3.63) is 60.1 Å². The van der Waals surface area contributed by atoms with Gasteiger partial charge in [-0.25, -0.2) is 0 Å². The number of amides is 1. The van der Waals surface area contributed by atoms with E-state index >= 15 is 0 Å². The molecule has 3 aromatic rings. The molecule has 1 fully saturated rings. The summed E-state index contributed by atoms with van der Waals surface area (Å²) in [4.78, 5) is 25.4. The summed E-state index contributed by atoms with van der Waals surface area (Å²) in [6.07, 6.45) is 9.90. The Kier molecular flexibility index (Phi) is 6.42. The fourth-order valence-corrected chi connectivity index (χ4v) is 3.46. The molecule has 1 saturated carbocycles. The molecule has 0 spiro atoms. The Balaban J connectivity index is 0.000000516. The Labute approximate surface area is 163 Å². The SMILES string of the molecule is CC(=O)O.O=C(Nc1ccc(C2CCCCC2)cc1)c1cc2cnccc2o1. The number of fused-ring (bicyclic) bond motifs is 1. The lowest BCUT2D eigenvalue weighted by atomic mass is 9.84. The third kappa shape index (κ3) is 5.19. The van der Waals surface area contributed by atoms with Gasteiger partial charge in [0.25, 0.3) is 11.9 Å². The highest BCUT2D eigenvalue weighted by Crippen LogP contribution is 2.33. The molecule has 1 aliphatic rings. The van der Waals surface area contributed by atoms with Gasteiger partial charge in [0, 0.05) is 30.4 Å². The van der Waals surface area contributed by atoms with E-state index in [9.17, 15) is 4.79 Å². The van der Waals surface area contributed by atoms with Crippen molar-refractivity contribution in [1.82, 2.24) is 4.98 Å². The number of hydrogen-bond donors (Lipinski definition) is 2. The maximum atomic E-state index is 12.3. The molecule has 2 heterocycles. The minimum atomic E-state index is -0.833. The number of furan rings is 1. The van der Waals surface area contributed by atoms with Gasteiger partial charge in [0.1, 0.15) is 5.58 Å². The summed E-state index contributed by atoms with van der Waals surface area (Å²) in [5.74, 6) is -0.0997. The average molecular weight is 380 g/mol. The normalized spacial score (nSPS) is 14.2. The molecule has 6 heteroatoms. The van der Waals surface area contributed by atoms with E-state index in [2.05, 4.69) is 22.4 Å². The van der Waals surface area contributed by atoms with E-state index in [4.69, 9.17) is 14.3 Å². The largest absolute Gasteiger partial charge is 0.481 e. The first kappa shape index (κ1) is 19.6. The van der Waals surface area contributed by atoms with Crippen LogP contribution in [0.4, 0.5) is 5.69 Å². The molecular weight excluding hydrogens is 356 g/mol. The smallest absolute Gasteiger partial charge is 0.300 e. The summed E-state index contributed by atoms with van der Waals surface area (Å²) in [7, 11) is 0. The first-order valence-corrected chi connectivity index (χ1v) is 9.47. The van der Waals surface area contributed by atoms with Crippen molar-refractivity contribution in [3.63, 3.8) is 0 Å². The Morgan fingerprint density at radius 1 is 1.11 bits per heavy atom. The molecule has 0 bridgehead atoms. The number of hydrogen-bond acceptors (Lipinski definition) is 4. The van der Waals surface area contributed by atoms with Gasteiger partial charge < -0.3 is 14.8 Å². The second-order valence-electron chi connectivity index (χ2n) is 6.95. The van der Waals surface area contributed by atoms with Crippen LogP contribution in [-0.4, -0.2) is 22.0 Å². The maximum absolute atomic E-state index is 12.3. The first-order valence-electron chi connectivity index (χ1n) is 9.47. The van der Waals surface area contributed by atoms with Crippen molar-refractivity contribution in [2.75, 3.05) is 5.32 Å². The van der Waals surface area contributed by atoms with Crippen molar-refractivity contribution in [2.45, 2.75) is 44.9 Å². The van der Waals surface area contributed by atoms with E-state index in [1.54, 1.807) is 24.5 Å². The molecule has 0 atom stereocenters.